The molecule has 2 N–H and O–H groups in total. The van der Waals surface area contributed by atoms with Crippen molar-refractivity contribution in [1.82, 2.24) is 29.7 Å². The van der Waals surface area contributed by atoms with E-state index in [1.54, 1.807) is 0 Å². The largest absolute Gasteiger partial charge is 0.367 e. The minimum absolute atomic E-state index is 0.659. The maximum Gasteiger partial charge on any atom is 0.229 e. The van der Waals surface area contributed by atoms with Gasteiger partial charge in [0, 0.05) is 39.3 Å². The van der Waals surface area contributed by atoms with E-state index in [1.165, 1.54) is 25.3 Å². The Morgan fingerprint density at radius 3 is 1.94 bits per heavy atom. The van der Waals surface area contributed by atoms with Crippen molar-refractivity contribution in [3.8, 4) is 0 Å². The molecular weight excluding hydrogens is 423 g/mol. The second-order valence-corrected chi connectivity index (χ2v) is 9.42. The van der Waals surface area contributed by atoms with Gasteiger partial charge in [-0.25, -0.2) is 9.97 Å². The zero-order valence-corrected chi connectivity index (χ0v) is 20.3. The molecule has 2 aromatic rings. The van der Waals surface area contributed by atoms with E-state index in [0.717, 1.165) is 101 Å². The Morgan fingerprint density at radius 2 is 1.29 bits per heavy atom. The second kappa shape index (κ2) is 12.1. The van der Waals surface area contributed by atoms with E-state index < -0.39 is 0 Å². The monoisotopic (exact) mass is 458 g/mol. The summed E-state index contributed by atoms with van der Waals surface area (Å²) in [5, 5.41) is 7.00. The number of hydrogen-bond acceptors (Lipinski definition) is 9. The average Bonchev–Trinajstić information content (AvgIpc) is 2.90. The normalized spacial score (nSPS) is 19.8. The first kappa shape index (κ1) is 23.7. The van der Waals surface area contributed by atoms with Gasteiger partial charge in [0.1, 0.15) is 27.7 Å². The van der Waals surface area contributed by atoms with Gasteiger partial charge in [-0.1, -0.05) is 37.9 Å². The topological polar surface area (TPSA) is 85.3 Å². The molecule has 34 heavy (non-hydrogen) atoms. The van der Waals surface area contributed by atoms with Crippen molar-refractivity contribution in [2.45, 2.75) is 37.9 Å². The number of anilines is 3. The maximum atomic E-state index is 4.89. The van der Waals surface area contributed by atoms with Gasteiger partial charge in [0.25, 0.3) is 0 Å². The summed E-state index contributed by atoms with van der Waals surface area (Å²) in [5.74, 6) is 2.33. The van der Waals surface area contributed by atoms with Crippen LogP contribution in [0.25, 0.3) is 11.2 Å². The standard InChI is InChI=1S/C22H35B3N9/c1-9-32(10-2-23-1)15-7-26-18-17-28-19-20(27-8-16-33-11-3-24-4-12-33)30-22(31-21(19)29-18)34-13-5-25-6-14-34/h17H,1-16H2,(H2,26,27,29,30,31). The van der Waals surface area contributed by atoms with Gasteiger partial charge >= 0.3 is 0 Å². The third-order valence-corrected chi connectivity index (χ3v) is 6.94. The number of aromatic nitrogens is 4. The average molecular weight is 458 g/mol. The summed E-state index contributed by atoms with van der Waals surface area (Å²) in [6.07, 6.45) is 8.70. The van der Waals surface area contributed by atoms with Gasteiger partial charge in [-0.15, -0.1) is 0 Å². The SMILES string of the molecule is [B]1CCN(CCNc2cnc3c(NCCN4CC[B]CC4)nc(N4CC[B]CC4)nc3n2)CC1. The van der Waals surface area contributed by atoms with Gasteiger partial charge < -0.3 is 25.3 Å². The fourth-order valence-corrected chi connectivity index (χ4v) is 4.93. The number of nitrogens with one attached hydrogen (secondary N) is 2. The van der Waals surface area contributed by atoms with Crippen molar-refractivity contribution in [2.24, 2.45) is 0 Å². The van der Waals surface area contributed by atoms with Crippen LogP contribution >= 0.6 is 0 Å². The van der Waals surface area contributed by atoms with Gasteiger partial charge in [0.2, 0.25) is 5.95 Å². The molecule has 5 heterocycles. The molecule has 12 heteroatoms. The molecule has 3 aliphatic heterocycles. The van der Waals surface area contributed by atoms with E-state index >= 15 is 0 Å². The number of fused-ring (bicyclic) bond motifs is 1. The Labute approximate surface area is 205 Å². The van der Waals surface area contributed by atoms with Crippen LogP contribution in [0, 0.1) is 0 Å². The van der Waals surface area contributed by atoms with Crippen LogP contribution in [0.1, 0.15) is 0 Å². The minimum atomic E-state index is 0.659. The highest BCUT2D eigenvalue weighted by Gasteiger charge is 2.19. The molecule has 5 rings (SSSR count). The fraction of sp³-hybridized carbons (Fsp3) is 0.727. The summed E-state index contributed by atoms with van der Waals surface area (Å²) in [6.45, 7) is 10.2. The van der Waals surface area contributed by atoms with Crippen molar-refractivity contribution in [1.29, 1.82) is 0 Å². The summed E-state index contributed by atoms with van der Waals surface area (Å²) >= 11 is 0. The van der Waals surface area contributed by atoms with Crippen LogP contribution in [0.15, 0.2) is 6.20 Å². The van der Waals surface area contributed by atoms with Gasteiger partial charge in [-0.3, -0.25) is 0 Å². The molecular formula is C22H35B3N9. The van der Waals surface area contributed by atoms with Crippen molar-refractivity contribution >= 4 is 50.6 Å². The first-order valence-electron chi connectivity index (χ1n) is 13.0. The lowest BCUT2D eigenvalue weighted by atomic mass is 9.68. The zero-order valence-electron chi connectivity index (χ0n) is 20.3. The quantitative estimate of drug-likeness (QED) is 0.541. The fourth-order valence-electron chi connectivity index (χ4n) is 4.93. The molecule has 0 atom stereocenters. The molecule has 9 nitrogen and oxygen atoms in total. The van der Waals surface area contributed by atoms with Crippen LogP contribution in [-0.4, -0.2) is 117 Å². The molecule has 0 bridgehead atoms. The molecule has 0 spiro atoms. The van der Waals surface area contributed by atoms with E-state index in [2.05, 4.69) is 47.2 Å². The second-order valence-electron chi connectivity index (χ2n) is 9.42. The number of rotatable bonds is 9. The predicted octanol–water partition coefficient (Wildman–Crippen LogP) is 1.32. The van der Waals surface area contributed by atoms with Crippen LogP contribution in [-0.2, 0) is 0 Å². The first-order chi connectivity index (χ1) is 16.8. The Morgan fingerprint density at radius 1 is 0.706 bits per heavy atom. The predicted molar refractivity (Wildman–Crippen MR) is 143 cm³/mol. The highest BCUT2D eigenvalue weighted by molar-refractivity contribution is 6.36. The van der Waals surface area contributed by atoms with Crippen LogP contribution in [0.5, 0.6) is 0 Å². The van der Waals surface area contributed by atoms with Crippen LogP contribution < -0.4 is 15.5 Å². The van der Waals surface area contributed by atoms with E-state index in [4.69, 9.17) is 19.9 Å². The molecule has 0 saturated carbocycles. The smallest absolute Gasteiger partial charge is 0.229 e. The van der Waals surface area contributed by atoms with Crippen molar-refractivity contribution < 1.29 is 0 Å². The molecule has 3 radical (unpaired) electrons. The Balaban J connectivity index is 1.29. The first-order valence-corrected chi connectivity index (χ1v) is 13.0. The Hall–Kier alpha value is -2.07. The minimum Gasteiger partial charge on any atom is -0.367 e. The van der Waals surface area contributed by atoms with Crippen molar-refractivity contribution in [2.75, 3.05) is 81.0 Å². The molecule has 2 aromatic heterocycles. The van der Waals surface area contributed by atoms with Gasteiger partial charge in [0.05, 0.1) is 6.20 Å². The summed E-state index contributed by atoms with van der Waals surface area (Å²) in [7, 11) is 7.11. The third-order valence-electron chi connectivity index (χ3n) is 6.94. The molecule has 0 aliphatic carbocycles. The Kier molecular flexibility index (Phi) is 8.40. The summed E-state index contributed by atoms with van der Waals surface area (Å²) in [6, 6.07) is 0. The molecule has 3 aliphatic rings. The molecule has 0 amide bonds. The van der Waals surface area contributed by atoms with Crippen molar-refractivity contribution in [3.05, 3.63) is 6.20 Å². The molecule has 0 unspecified atom stereocenters. The lowest BCUT2D eigenvalue weighted by Crippen LogP contribution is -2.35. The summed E-state index contributed by atoms with van der Waals surface area (Å²) in [5.41, 5.74) is 1.41. The molecule has 177 valence electrons. The van der Waals surface area contributed by atoms with Crippen LogP contribution in [0.2, 0.25) is 37.9 Å². The van der Waals surface area contributed by atoms with E-state index in [0.29, 0.717) is 5.65 Å². The lowest BCUT2D eigenvalue weighted by molar-refractivity contribution is 0.305. The van der Waals surface area contributed by atoms with Gasteiger partial charge in [-0.05, 0) is 26.2 Å². The zero-order chi connectivity index (χ0) is 23.0. The molecule has 3 fully saturated rings. The van der Waals surface area contributed by atoms with Gasteiger partial charge in [0.15, 0.2) is 17.0 Å². The van der Waals surface area contributed by atoms with E-state index in [-0.39, 0.29) is 0 Å². The van der Waals surface area contributed by atoms with Crippen LogP contribution in [0.3, 0.4) is 0 Å². The summed E-state index contributed by atoms with van der Waals surface area (Å²) < 4.78 is 0. The number of hydrogen-bond donors (Lipinski definition) is 2. The lowest BCUT2D eigenvalue weighted by Gasteiger charge is -2.27. The molecule has 0 aromatic carbocycles. The number of nitrogens with zero attached hydrogens (tertiary/aromatic N) is 7. The maximum absolute atomic E-state index is 4.89. The van der Waals surface area contributed by atoms with E-state index in [1.807, 2.05) is 6.20 Å². The third kappa shape index (κ3) is 6.33. The molecule has 3 saturated heterocycles. The highest BCUT2D eigenvalue weighted by atomic mass is 15.3. The Bertz CT molecular complexity index is 916. The van der Waals surface area contributed by atoms with Crippen LogP contribution in [0.4, 0.5) is 17.6 Å². The van der Waals surface area contributed by atoms with Crippen molar-refractivity contribution in [3.63, 3.8) is 0 Å². The van der Waals surface area contributed by atoms with E-state index in [9.17, 15) is 0 Å². The summed E-state index contributed by atoms with van der Waals surface area (Å²) in [4.78, 5) is 26.6. The van der Waals surface area contributed by atoms with Gasteiger partial charge in [-0.2, -0.15) is 9.97 Å². The highest BCUT2D eigenvalue weighted by Crippen LogP contribution is 2.23.